The van der Waals surface area contributed by atoms with E-state index in [-0.39, 0.29) is 5.54 Å². The smallest absolute Gasteiger partial charge is 0.0594 e. The molecule has 0 rings (SSSR count). The Balaban J connectivity index is 3.15. The monoisotopic (exact) mass is 101 g/mol. The highest BCUT2D eigenvalue weighted by Crippen LogP contribution is 1.95. The fraction of sp³-hybridized carbons (Fsp3) is 1.00. The largest absolute Gasteiger partial charge is 0.299 e. The van der Waals surface area contributed by atoms with Crippen molar-refractivity contribution < 1.29 is 0 Å². The highest BCUT2D eigenvalue weighted by Gasteiger charge is 2.04. The Morgan fingerprint density at radius 3 is 1.86 bits per heavy atom. The summed E-state index contributed by atoms with van der Waals surface area (Å²) in [5.41, 5.74) is 6.86. The molecule has 0 aromatic carbocycles. The van der Waals surface area contributed by atoms with E-state index in [1.807, 2.05) is 20.8 Å². The van der Waals surface area contributed by atoms with Crippen LogP contribution in [0.5, 0.6) is 0 Å². The van der Waals surface area contributed by atoms with Crippen molar-refractivity contribution in [2.75, 3.05) is 6.67 Å². The van der Waals surface area contributed by atoms with Crippen LogP contribution in [0.15, 0.2) is 0 Å². The van der Waals surface area contributed by atoms with E-state index in [2.05, 4.69) is 5.32 Å². The third-order valence-corrected chi connectivity index (χ3v) is 0.619. The van der Waals surface area contributed by atoms with Gasteiger partial charge < -0.3 is 0 Å². The van der Waals surface area contributed by atoms with Gasteiger partial charge in [0, 0.05) is 5.54 Å². The molecule has 0 atom stereocenters. The first-order valence-corrected chi connectivity index (χ1v) is 2.46. The molecule has 0 aliphatic carbocycles. The Labute approximate surface area is 45.1 Å². The molecule has 0 saturated carbocycles. The maximum absolute atomic E-state index is 6.75. The molecule has 7 heavy (non-hydrogen) atoms. The van der Waals surface area contributed by atoms with Gasteiger partial charge in [-0.15, -0.1) is 0 Å². The molecule has 0 aliphatic heterocycles. The van der Waals surface area contributed by atoms with Gasteiger partial charge in [0.1, 0.15) is 0 Å². The normalized spacial score (nSPS) is 12.0. The molecule has 43 valence electrons. The highest BCUT2D eigenvalue weighted by atomic mass is 15.0. The third kappa shape index (κ3) is 5.92. The maximum atomic E-state index is 6.75. The van der Waals surface area contributed by atoms with Crippen molar-refractivity contribution in [2.45, 2.75) is 26.3 Å². The van der Waals surface area contributed by atoms with E-state index in [0.717, 1.165) is 0 Å². The second-order valence-corrected chi connectivity index (χ2v) is 2.60. The quantitative estimate of drug-likeness (QED) is 0.516. The molecule has 0 amide bonds. The summed E-state index contributed by atoms with van der Waals surface area (Å²) in [5.74, 6) is 0. The molecule has 0 unspecified atom stereocenters. The van der Waals surface area contributed by atoms with E-state index in [0.29, 0.717) is 6.67 Å². The Morgan fingerprint density at radius 1 is 1.43 bits per heavy atom. The first-order valence-electron chi connectivity index (χ1n) is 2.46. The molecule has 0 heterocycles. The van der Waals surface area contributed by atoms with E-state index >= 15 is 0 Å². The van der Waals surface area contributed by atoms with Crippen LogP contribution >= 0.6 is 0 Å². The third-order valence-electron chi connectivity index (χ3n) is 0.619. The summed E-state index contributed by atoms with van der Waals surface area (Å²) in [5, 5.41) is 2.95. The predicted octanol–water partition coefficient (Wildman–Crippen LogP) is 0.615. The zero-order valence-electron chi connectivity index (χ0n) is 5.21. The minimum Gasteiger partial charge on any atom is -0.299 e. The van der Waals surface area contributed by atoms with Crippen molar-refractivity contribution in [3.8, 4) is 0 Å². The fourth-order valence-corrected chi connectivity index (χ4v) is 0.265. The summed E-state index contributed by atoms with van der Waals surface area (Å²) in [6, 6.07) is 0. The molecule has 0 fully saturated rings. The van der Waals surface area contributed by atoms with Crippen molar-refractivity contribution in [3.63, 3.8) is 0 Å². The molecular weight excluding hydrogens is 88.1 g/mol. The minimum absolute atomic E-state index is 0.113. The highest BCUT2D eigenvalue weighted by molar-refractivity contribution is 4.67. The minimum atomic E-state index is 0.113. The van der Waals surface area contributed by atoms with Gasteiger partial charge in [0.05, 0.1) is 6.67 Å². The van der Waals surface area contributed by atoms with Gasteiger partial charge >= 0.3 is 0 Å². The van der Waals surface area contributed by atoms with Crippen LogP contribution in [0.1, 0.15) is 20.8 Å². The average molecular weight is 101 g/mol. The molecule has 2 N–H and O–H groups in total. The van der Waals surface area contributed by atoms with E-state index in [9.17, 15) is 0 Å². The summed E-state index contributed by atoms with van der Waals surface area (Å²) in [7, 11) is 0. The number of hydrogen-bond donors (Lipinski definition) is 1. The van der Waals surface area contributed by atoms with Gasteiger partial charge in [0.15, 0.2) is 0 Å². The summed E-state index contributed by atoms with van der Waals surface area (Å²) in [4.78, 5) is 0. The van der Waals surface area contributed by atoms with Crippen LogP contribution in [0.4, 0.5) is 0 Å². The Hall–Kier alpha value is -0.0800. The van der Waals surface area contributed by atoms with Gasteiger partial charge in [0.25, 0.3) is 0 Å². The molecule has 0 aromatic rings. The molecule has 0 bridgehead atoms. The maximum Gasteiger partial charge on any atom is 0.0594 e. The Kier molecular flexibility index (Phi) is 2.26. The van der Waals surface area contributed by atoms with E-state index < -0.39 is 0 Å². The van der Waals surface area contributed by atoms with Gasteiger partial charge in [-0.1, -0.05) is 0 Å². The number of rotatable bonds is 1. The first-order chi connectivity index (χ1) is 3.06. The van der Waals surface area contributed by atoms with Crippen LogP contribution in [-0.2, 0) is 0 Å². The van der Waals surface area contributed by atoms with Crippen LogP contribution in [0.2, 0.25) is 0 Å². The summed E-state index contributed by atoms with van der Waals surface area (Å²) in [6.45, 7) is 6.44. The molecule has 0 spiro atoms. The zero-order valence-corrected chi connectivity index (χ0v) is 5.21. The van der Waals surface area contributed by atoms with E-state index in [4.69, 9.17) is 5.73 Å². The Morgan fingerprint density at radius 2 is 1.86 bits per heavy atom. The lowest BCUT2D eigenvalue weighted by Gasteiger charge is -2.17. The van der Waals surface area contributed by atoms with Crippen LogP contribution in [-0.4, -0.2) is 12.2 Å². The van der Waals surface area contributed by atoms with Crippen LogP contribution in [0.3, 0.4) is 0 Å². The second-order valence-electron chi connectivity index (χ2n) is 2.60. The van der Waals surface area contributed by atoms with Gasteiger partial charge in [-0.3, -0.25) is 5.32 Å². The molecule has 0 saturated heterocycles. The standard InChI is InChI=1S/C5H13N2/c1-5(2,3)7-4-6/h6-7H,4H2,1-3H3. The lowest BCUT2D eigenvalue weighted by molar-refractivity contribution is 0.430. The second kappa shape index (κ2) is 2.28. The van der Waals surface area contributed by atoms with Crippen molar-refractivity contribution in [1.29, 1.82) is 0 Å². The molecule has 2 nitrogen and oxygen atoms in total. The van der Waals surface area contributed by atoms with Crippen LogP contribution < -0.4 is 11.1 Å². The molecule has 1 radical (unpaired) electrons. The summed E-state index contributed by atoms with van der Waals surface area (Å²) < 4.78 is 0. The van der Waals surface area contributed by atoms with Crippen molar-refractivity contribution >= 4 is 0 Å². The van der Waals surface area contributed by atoms with Gasteiger partial charge in [0.2, 0.25) is 0 Å². The van der Waals surface area contributed by atoms with Gasteiger partial charge in [-0.05, 0) is 20.8 Å². The van der Waals surface area contributed by atoms with Crippen LogP contribution in [0.25, 0.3) is 0 Å². The van der Waals surface area contributed by atoms with Crippen molar-refractivity contribution in [1.82, 2.24) is 11.1 Å². The molecule has 2 heteroatoms. The van der Waals surface area contributed by atoms with Crippen LogP contribution in [0, 0.1) is 0 Å². The lowest BCUT2D eigenvalue weighted by Crippen LogP contribution is -2.36. The molecular formula is C5H13N2. The molecule has 0 aliphatic rings. The van der Waals surface area contributed by atoms with E-state index in [1.54, 1.807) is 0 Å². The summed E-state index contributed by atoms with van der Waals surface area (Å²) >= 11 is 0. The van der Waals surface area contributed by atoms with Crippen molar-refractivity contribution in [3.05, 3.63) is 0 Å². The SMILES string of the molecule is CC(C)(C)NC[NH]. The Bertz CT molecular complexity index is 44.5. The zero-order chi connectivity index (χ0) is 5.91. The van der Waals surface area contributed by atoms with Gasteiger partial charge in [-0.25, -0.2) is 5.73 Å². The number of hydrogen-bond acceptors (Lipinski definition) is 1. The average Bonchev–Trinajstić information content (AvgIpc) is 1.30. The predicted molar refractivity (Wildman–Crippen MR) is 30.9 cm³/mol. The molecule has 0 aromatic heterocycles. The van der Waals surface area contributed by atoms with Gasteiger partial charge in [-0.2, -0.15) is 0 Å². The first kappa shape index (κ1) is 6.92. The number of nitrogens with one attached hydrogen (secondary N) is 2. The summed E-state index contributed by atoms with van der Waals surface area (Å²) in [6.07, 6.45) is 0. The van der Waals surface area contributed by atoms with E-state index in [1.165, 1.54) is 0 Å². The lowest BCUT2D eigenvalue weighted by atomic mass is 10.1. The topological polar surface area (TPSA) is 35.8 Å². The fourth-order valence-electron chi connectivity index (χ4n) is 0.265. The van der Waals surface area contributed by atoms with Crippen molar-refractivity contribution in [2.24, 2.45) is 0 Å².